The van der Waals surface area contributed by atoms with Crippen LogP contribution in [0.4, 0.5) is 11.4 Å². The Morgan fingerprint density at radius 1 is 1.00 bits per heavy atom. The minimum absolute atomic E-state index is 0.00997. The van der Waals surface area contributed by atoms with Crippen LogP contribution in [0.15, 0.2) is 36.4 Å². The molecule has 0 spiro atoms. The molecule has 0 aromatic heterocycles. The van der Waals surface area contributed by atoms with E-state index in [4.69, 9.17) is 14.2 Å². The summed E-state index contributed by atoms with van der Waals surface area (Å²) in [7, 11) is 0. The molecule has 0 fully saturated rings. The summed E-state index contributed by atoms with van der Waals surface area (Å²) in [5.74, 6) is -0.111. The summed E-state index contributed by atoms with van der Waals surface area (Å²) >= 11 is 0. The van der Waals surface area contributed by atoms with E-state index in [2.05, 4.69) is 5.32 Å². The maximum absolute atomic E-state index is 12.3. The molecule has 1 aliphatic rings. The van der Waals surface area contributed by atoms with Crippen molar-refractivity contribution in [1.29, 1.82) is 0 Å². The number of esters is 1. The quantitative estimate of drug-likeness (QED) is 0.652. The van der Waals surface area contributed by atoms with Gasteiger partial charge in [0.05, 0.1) is 18.8 Å². The second-order valence-corrected chi connectivity index (χ2v) is 6.92. The molecule has 2 amide bonds. The van der Waals surface area contributed by atoms with Gasteiger partial charge in [0, 0.05) is 24.8 Å². The highest BCUT2D eigenvalue weighted by Crippen LogP contribution is 2.31. The van der Waals surface area contributed by atoms with Gasteiger partial charge in [-0.3, -0.25) is 9.59 Å². The first-order chi connectivity index (χ1) is 14.9. The van der Waals surface area contributed by atoms with Crippen molar-refractivity contribution in [3.63, 3.8) is 0 Å². The summed E-state index contributed by atoms with van der Waals surface area (Å²) in [6.07, 6.45) is 0.730. The van der Waals surface area contributed by atoms with Crippen LogP contribution in [0.1, 0.15) is 36.7 Å². The fourth-order valence-electron chi connectivity index (χ4n) is 3.40. The second-order valence-electron chi connectivity index (χ2n) is 6.92. The molecule has 0 unspecified atom stereocenters. The Hall–Kier alpha value is -3.55. The predicted molar refractivity (Wildman–Crippen MR) is 116 cm³/mol. The molecular weight excluding hydrogens is 400 g/mol. The molecule has 1 aliphatic heterocycles. The molecule has 1 N–H and O–H groups in total. The third kappa shape index (κ3) is 5.33. The van der Waals surface area contributed by atoms with E-state index in [1.807, 2.05) is 19.9 Å². The number of rotatable bonds is 8. The first-order valence-corrected chi connectivity index (χ1v) is 10.2. The molecule has 31 heavy (non-hydrogen) atoms. The number of fused-ring (bicyclic) bond motifs is 1. The van der Waals surface area contributed by atoms with E-state index >= 15 is 0 Å². The van der Waals surface area contributed by atoms with Crippen molar-refractivity contribution in [3.05, 3.63) is 47.5 Å². The number of nitrogens with one attached hydrogen (secondary N) is 1. The number of carbonyl (C=O) groups excluding carboxylic acids is 3. The van der Waals surface area contributed by atoms with Crippen LogP contribution in [-0.4, -0.2) is 44.1 Å². The fourth-order valence-corrected chi connectivity index (χ4v) is 3.40. The summed E-state index contributed by atoms with van der Waals surface area (Å²) in [5, 5.41) is 2.72. The number of hydrogen-bond acceptors (Lipinski definition) is 6. The van der Waals surface area contributed by atoms with Crippen LogP contribution >= 0.6 is 0 Å². The van der Waals surface area contributed by atoms with Crippen LogP contribution in [0.3, 0.4) is 0 Å². The normalized spacial score (nSPS) is 12.2. The van der Waals surface area contributed by atoms with Crippen LogP contribution in [-0.2, 0) is 20.7 Å². The topological polar surface area (TPSA) is 94.2 Å². The first-order valence-electron chi connectivity index (χ1n) is 10.2. The van der Waals surface area contributed by atoms with Gasteiger partial charge in [0.25, 0.3) is 5.91 Å². The van der Waals surface area contributed by atoms with Crippen molar-refractivity contribution in [2.24, 2.45) is 0 Å². The Kier molecular flexibility index (Phi) is 7.12. The van der Waals surface area contributed by atoms with Crippen molar-refractivity contribution in [3.8, 4) is 11.5 Å². The number of anilines is 2. The maximum Gasteiger partial charge on any atom is 0.338 e. The molecule has 0 bridgehead atoms. The fraction of sp³-hybridized carbons (Fsp3) is 0.348. The van der Waals surface area contributed by atoms with E-state index < -0.39 is 18.5 Å². The summed E-state index contributed by atoms with van der Waals surface area (Å²) < 4.78 is 16.1. The third-order valence-electron chi connectivity index (χ3n) is 4.75. The molecule has 0 saturated heterocycles. The van der Waals surface area contributed by atoms with Crippen molar-refractivity contribution < 1.29 is 28.6 Å². The lowest BCUT2D eigenvalue weighted by atomic mass is 10.1. The molecule has 0 radical (unpaired) electrons. The molecule has 0 saturated carbocycles. The number of ether oxygens (including phenoxy) is 3. The zero-order chi connectivity index (χ0) is 22.4. The summed E-state index contributed by atoms with van der Waals surface area (Å²) in [6, 6.07) is 10.1. The van der Waals surface area contributed by atoms with Gasteiger partial charge in [-0.25, -0.2) is 4.79 Å². The van der Waals surface area contributed by atoms with E-state index in [1.165, 1.54) is 13.0 Å². The minimum atomic E-state index is -0.634. The zero-order valence-corrected chi connectivity index (χ0v) is 17.9. The van der Waals surface area contributed by atoms with Crippen molar-refractivity contribution in [2.45, 2.75) is 27.2 Å². The van der Waals surface area contributed by atoms with Crippen LogP contribution < -0.4 is 19.7 Å². The molecule has 2 aromatic carbocycles. The van der Waals surface area contributed by atoms with E-state index in [0.717, 1.165) is 17.7 Å². The lowest BCUT2D eigenvalue weighted by molar-refractivity contribution is -0.119. The number of carbonyl (C=O) groups is 3. The number of amides is 2. The minimum Gasteiger partial charge on any atom is -0.490 e. The molecule has 3 rings (SSSR count). The highest BCUT2D eigenvalue weighted by molar-refractivity contribution is 5.97. The summed E-state index contributed by atoms with van der Waals surface area (Å²) in [6.45, 7) is 6.32. The monoisotopic (exact) mass is 426 g/mol. The van der Waals surface area contributed by atoms with Crippen LogP contribution in [0, 0.1) is 0 Å². The van der Waals surface area contributed by atoms with Gasteiger partial charge in [-0.1, -0.05) is 0 Å². The smallest absolute Gasteiger partial charge is 0.338 e. The van der Waals surface area contributed by atoms with Crippen molar-refractivity contribution >= 4 is 29.2 Å². The van der Waals surface area contributed by atoms with Gasteiger partial charge in [-0.2, -0.15) is 0 Å². The Labute approximate surface area is 181 Å². The lowest BCUT2D eigenvalue weighted by Crippen LogP contribution is -2.25. The molecule has 164 valence electrons. The zero-order valence-electron chi connectivity index (χ0n) is 17.9. The van der Waals surface area contributed by atoms with Crippen molar-refractivity contribution in [2.75, 3.05) is 36.6 Å². The molecule has 0 atom stereocenters. The highest BCUT2D eigenvalue weighted by Gasteiger charge is 2.22. The van der Waals surface area contributed by atoms with Crippen LogP contribution in [0.5, 0.6) is 11.5 Å². The average Bonchev–Trinajstić information content (AvgIpc) is 3.17. The maximum atomic E-state index is 12.3. The Morgan fingerprint density at radius 2 is 1.74 bits per heavy atom. The molecule has 8 heteroatoms. The van der Waals surface area contributed by atoms with E-state index in [1.54, 1.807) is 29.2 Å². The van der Waals surface area contributed by atoms with Crippen LogP contribution in [0.2, 0.25) is 0 Å². The van der Waals surface area contributed by atoms with E-state index in [0.29, 0.717) is 36.9 Å². The van der Waals surface area contributed by atoms with Gasteiger partial charge >= 0.3 is 5.97 Å². The van der Waals surface area contributed by atoms with Crippen molar-refractivity contribution in [1.82, 2.24) is 0 Å². The average molecular weight is 426 g/mol. The third-order valence-corrected chi connectivity index (χ3v) is 4.75. The van der Waals surface area contributed by atoms with Gasteiger partial charge in [-0.05, 0) is 62.2 Å². The first kappa shape index (κ1) is 22.1. The Bertz CT molecular complexity index is 988. The number of benzene rings is 2. The molecular formula is C23H26N2O6. The predicted octanol–water partition coefficient (Wildman–Crippen LogP) is 3.19. The van der Waals surface area contributed by atoms with Gasteiger partial charge < -0.3 is 24.4 Å². The van der Waals surface area contributed by atoms with Gasteiger partial charge in [0.1, 0.15) is 0 Å². The van der Waals surface area contributed by atoms with Crippen LogP contribution in [0.25, 0.3) is 0 Å². The van der Waals surface area contributed by atoms with E-state index in [-0.39, 0.29) is 11.5 Å². The molecule has 0 aliphatic carbocycles. The summed E-state index contributed by atoms with van der Waals surface area (Å²) in [5.41, 5.74) is 2.70. The van der Waals surface area contributed by atoms with Gasteiger partial charge in [0.15, 0.2) is 18.1 Å². The Balaban J connectivity index is 1.58. The molecule has 8 nitrogen and oxygen atoms in total. The highest BCUT2D eigenvalue weighted by atomic mass is 16.5. The van der Waals surface area contributed by atoms with Gasteiger partial charge in [-0.15, -0.1) is 0 Å². The summed E-state index contributed by atoms with van der Waals surface area (Å²) in [4.78, 5) is 37.9. The number of nitrogens with zero attached hydrogens (tertiary/aromatic N) is 1. The molecule has 1 heterocycles. The van der Waals surface area contributed by atoms with E-state index in [9.17, 15) is 14.4 Å². The second kappa shape index (κ2) is 9.97. The Morgan fingerprint density at radius 3 is 2.45 bits per heavy atom. The number of hydrogen-bond donors (Lipinski definition) is 1. The largest absolute Gasteiger partial charge is 0.490 e. The standard InChI is InChI=1S/C23H26N2O6/c1-4-29-20-9-6-17(13-21(20)30-5-2)23(28)31-14-22(27)24-18-7-8-19-16(12-18)10-11-25(19)15(3)26/h6-9,12-13H,4-5,10-11,14H2,1-3H3,(H,24,27). The molecule has 2 aromatic rings. The van der Waals surface area contributed by atoms with Gasteiger partial charge in [0.2, 0.25) is 5.91 Å². The lowest BCUT2D eigenvalue weighted by Gasteiger charge is -2.15. The SMILES string of the molecule is CCOc1ccc(C(=O)OCC(=O)Nc2ccc3c(c2)CCN3C(C)=O)cc1OCC.